The highest BCUT2D eigenvalue weighted by Gasteiger charge is 2.32. The van der Waals surface area contributed by atoms with Crippen LogP contribution in [-0.4, -0.2) is 41.1 Å². The molecule has 0 aromatic carbocycles. The van der Waals surface area contributed by atoms with Crippen molar-refractivity contribution >= 4 is 11.5 Å². The molecule has 1 atom stereocenters. The van der Waals surface area contributed by atoms with Crippen LogP contribution < -0.4 is 5.56 Å². The highest BCUT2D eigenvalue weighted by molar-refractivity contribution is 6.19. The lowest BCUT2D eigenvalue weighted by Crippen LogP contribution is -2.26. The van der Waals surface area contributed by atoms with Crippen LogP contribution in [0.4, 0.5) is 0 Å². The molecule has 0 bridgehead atoms. The van der Waals surface area contributed by atoms with Gasteiger partial charge in [-0.3, -0.25) is 4.79 Å². The third-order valence-electron chi connectivity index (χ3n) is 4.50. The zero-order valence-corrected chi connectivity index (χ0v) is 14.6. The Balaban J connectivity index is 2.14. The Morgan fingerprint density at radius 1 is 1.52 bits per heavy atom. The molecular formula is C19H21NO5. The van der Waals surface area contributed by atoms with Gasteiger partial charge in [0.2, 0.25) is 0 Å². The first kappa shape index (κ1) is 17.5. The molecule has 1 aliphatic heterocycles. The predicted molar refractivity (Wildman–Crippen MR) is 91.9 cm³/mol. The minimum atomic E-state index is -1.19. The van der Waals surface area contributed by atoms with Gasteiger partial charge in [0.25, 0.3) is 5.56 Å². The number of nitrogens with zero attached hydrogens (tertiary/aromatic N) is 1. The van der Waals surface area contributed by atoms with E-state index in [2.05, 4.69) is 11.8 Å². The number of pyridine rings is 1. The molecule has 1 unspecified atom stereocenters. The second-order valence-electron chi connectivity index (χ2n) is 6.45. The standard InChI is InChI=1S/C19H21NO5/c1-4-25-18(22)15-12(2)9-14-16(15)13(10-20(3)17(14)21)5-6-19(23)7-8-24-11-19/h10,23H,4,7-9,11H2,1-3H3. The molecule has 2 heterocycles. The summed E-state index contributed by atoms with van der Waals surface area (Å²) in [7, 11) is 1.65. The maximum atomic E-state index is 12.5. The average Bonchev–Trinajstić information content (AvgIpc) is 3.14. The molecule has 0 spiro atoms. The lowest BCUT2D eigenvalue weighted by Gasteiger charge is -2.13. The Hall–Kier alpha value is -2.36. The van der Waals surface area contributed by atoms with Crippen LogP contribution in [0.15, 0.2) is 16.6 Å². The molecule has 1 saturated heterocycles. The molecule has 0 radical (unpaired) electrons. The van der Waals surface area contributed by atoms with Gasteiger partial charge in [0.05, 0.1) is 25.4 Å². The van der Waals surface area contributed by atoms with E-state index in [1.807, 2.05) is 6.92 Å². The number of hydrogen-bond donors (Lipinski definition) is 1. The number of aromatic nitrogens is 1. The van der Waals surface area contributed by atoms with Gasteiger partial charge in [-0.1, -0.05) is 17.4 Å². The smallest absolute Gasteiger partial charge is 0.338 e. The van der Waals surface area contributed by atoms with Gasteiger partial charge in [0.15, 0.2) is 5.60 Å². The molecule has 1 aromatic rings. The zero-order valence-electron chi connectivity index (χ0n) is 14.6. The van der Waals surface area contributed by atoms with E-state index in [4.69, 9.17) is 9.47 Å². The van der Waals surface area contributed by atoms with E-state index in [0.717, 1.165) is 5.57 Å². The highest BCUT2D eigenvalue weighted by Crippen LogP contribution is 2.34. The number of aryl methyl sites for hydroxylation is 1. The zero-order chi connectivity index (χ0) is 18.2. The minimum absolute atomic E-state index is 0.151. The molecule has 1 fully saturated rings. The van der Waals surface area contributed by atoms with E-state index in [0.29, 0.717) is 41.7 Å². The summed E-state index contributed by atoms with van der Waals surface area (Å²) in [6.45, 7) is 4.44. The second-order valence-corrected chi connectivity index (χ2v) is 6.45. The largest absolute Gasteiger partial charge is 0.462 e. The number of hydrogen-bond acceptors (Lipinski definition) is 5. The first-order valence-corrected chi connectivity index (χ1v) is 8.29. The fourth-order valence-corrected chi connectivity index (χ4v) is 3.23. The number of esters is 1. The van der Waals surface area contributed by atoms with Crippen molar-refractivity contribution in [2.24, 2.45) is 7.05 Å². The van der Waals surface area contributed by atoms with Gasteiger partial charge in [-0.15, -0.1) is 0 Å². The van der Waals surface area contributed by atoms with Crippen LogP contribution in [-0.2, 0) is 27.7 Å². The van der Waals surface area contributed by atoms with Crippen LogP contribution in [0.5, 0.6) is 0 Å². The lowest BCUT2D eigenvalue weighted by atomic mass is 9.99. The van der Waals surface area contributed by atoms with Gasteiger partial charge in [0, 0.05) is 42.8 Å². The Labute approximate surface area is 146 Å². The molecule has 1 N–H and O–H groups in total. The van der Waals surface area contributed by atoms with Crippen molar-refractivity contribution in [3.63, 3.8) is 0 Å². The number of carbonyl (C=O) groups excluding carboxylic acids is 1. The third kappa shape index (κ3) is 3.13. The predicted octanol–water partition coefficient (Wildman–Crippen LogP) is 0.781. The molecule has 6 heteroatoms. The molecule has 0 amide bonds. The number of allylic oxidation sites excluding steroid dienone is 1. The molecule has 0 saturated carbocycles. The van der Waals surface area contributed by atoms with E-state index in [-0.39, 0.29) is 18.8 Å². The van der Waals surface area contributed by atoms with Crippen LogP contribution in [0.3, 0.4) is 0 Å². The van der Waals surface area contributed by atoms with Crippen molar-refractivity contribution in [3.05, 3.63) is 38.8 Å². The summed E-state index contributed by atoms with van der Waals surface area (Å²) >= 11 is 0. The normalized spacial score (nSPS) is 21.8. The van der Waals surface area contributed by atoms with Crippen LogP contribution >= 0.6 is 0 Å². The molecule has 25 heavy (non-hydrogen) atoms. The van der Waals surface area contributed by atoms with Crippen molar-refractivity contribution < 1.29 is 19.4 Å². The summed E-state index contributed by atoms with van der Waals surface area (Å²) in [6, 6.07) is 0. The van der Waals surface area contributed by atoms with E-state index in [1.165, 1.54) is 4.57 Å². The van der Waals surface area contributed by atoms with Gasteiger partial charge >= 0.3 is 5.97 Å². The SMILES string of the molecule is CCOC(=O)C1=C(C)Cc2c1c(C#CC1(O)CCOC1)cn(C)c2=O. The van der Waals surface area contributed by atoms with Crippen molar-refractivity contribution in [1.29, 1.82) is 0 Å². The molecule has 1 aromatic heterocycles. The second kappa shape index (κ2) is 6.51. The Kier molecular flexibility index (Phi) is 4.55. The van der Waals surface area contributed by atoms with Crippen LogP contribution in [0.25, 0.3) is 5.57 Å². The third-order valence-corrected chi connectivity index (χ3v) is 4.50. The summed E-state index contributed by atoms with van der Waals surface area (Å²) in [4.78, 5) is 24.9. The van der Waals surface area contributed by atoms with Crippen molar-refractivity contribution in [3.8, 4) is 11.8 Å². The summed E-state index contributed by atoms with van der Waals surface area (Å²) in [5.41, 5.74) is 1.48. The van der Waals surface area contributed by atoms with Gasteiger partial charge in [-0.05, 0) is 13.8 Å². The number of rotatable bonds is 2. The van der Waals surface area contributed by atoms with Crippen molar-refractivity contribution in [2.45, 2.75) is 32.3 Å². The van der Waals surface area contributed by atoms with Crippen molar-refractivity contribution in [1.82, 2.24) is 4.57 Å². The highest BCUT2D eigenvalue weighted by atomic mass is 16.5. The lowest BCUT2D eigenvalue weighted by molar-refractivity contribution is -0.136. The molecule has 132 valence electrons. The maximum absolute atomic E-state index is 12.5. The molecule has 6 nitrogen and oxygen atoms in total. The van der Waals surface area contributed by atoms with Crippen molar-refractivity contribution in [2.75, 3.05) is 19.8 Å². The number of fused-ring (bicyclic) bond motifs is 1. The van der Waals surface area contributed by atoms with E-state index >= 15 is 0 Å². The average molecular weight is 343 g/mol. The summed E-state index contributed by atoms with van der Waals surface area (Å²) < 4.78 is 11.8. The van der Waals surface area contributed by atoms with E-state index in [1.54, 1.807) is 20.2 Å². The van der Waals surface area contributed by atoms with E-state index in [9.17, 15) is 14.7 Å². The van der Waals surface area contributed by atoms with Crippen LogP contribution in [0.1, 0.15) is 37.0 Å². The van der Waals surface area contributed by atoms with Gasteiger partial charge < -0.3 is 19.1 Å². The van der Waals surface area contributed by atoms with E-state index < -0.39 is 11.6 Å². The summed E-state index contributed by atoms with van der Waals surface area (Å²) in [5.74, 6) is 5.36. The Morgan fingerprint density at radius 2 is 2.28 bits per heavy atom. The fraction of sp³-hybridized carbons (Fsp3) is 0.474. The molecule has 2 aliphatic rings. The molecule has 3 rings (SSSR count). The minimum Gasteiger partial charge on any atom is -0.462 e. The van der Waals surface area contributed by atoms with Gasteiger partial charge in [0.1, 0.15) is 0 Å². The van der Waals surface area contributed by atoms with Gasteiger partial charge in [-0.25, -0.2) is 4.79 Å². The fourth-order valence-electron chi connectivity index (χ4n) is 3.23. The number of carbonyl (C=O) groups is 1. The Bertz CT molecular complexity index is 876. The number of aliphatic hydroxyl groups is 1. The first-order chi connectivity index (χ1) is 11.9. The first-order valence-electron chi connectivity index (χ1n) is 8.29. The van der Waals surface area contributed by atoms with Gasteiger partial charge in [-0.2, -0.15) is 0 Å². The van der Waals surface area contributed by atoms with Crippen LogP contribution in [0, 0.1) is 11.8 Å². The monoisotopic (exact) mass is 343 g/mol. The maximum Gasteiger partial charge on any atom is 0.338 e. The summed E-state index contributed by atoms with van der Waals surface area (Å²) in [5, 5.41) is 10.4. The topological polar surface area (TPSA) is 77.8 Å². The quantitative estimate of drug-likeness (QED) is 0.634. The summed E-state index contributed by atoms with van der Waals surface area (Å²) in [6.07, 6.45) is 2.44. The molecular weight excluding hydrogens is 322 g/mol. The Morgan fingerprint density at radius 3 is 2.92 bits per heavy atom. The number of ether oxygens (including phenoxy) is 2. The van der Waals surface area contributed by atoms with Crippen LogP contribution in [0.2, 0.25) is 0 Å². The molecule has 1 aliphatic carbocycles.